The zero-order valence-corrected chi connectivity index (χ0v) is 16.3. The van der Waals surface area contributed by atoms with E-state index >= 15 is 0 Å². The largest absolute Gasteiger partial charge is 0.457 e. The molecule has 1 aliphatic heterocycles. The number of carbonyl (C=O) groups excluding carboxylic acids is 2. The molecule has 2 aromatic carbocycles. The number of amides is 2. The molecule has 1 saturated heterocycles. The first-order valence-corrected chi connectivity index (χ1v) is 9.66. The van der Waals surface area contributed by atoms with Crippen molar-refractivity contribution < 1.29 is 22.8 Å². The van der Waals surface area contributed by atoms with Crippen LogP contribution in [0, 0.1) is 11.6 Å². The highest BCUT2D eigenvalue weighted by Crippen LogP contribution is 2.35. The second-order valence-corrected chi connectivity index (χ2v) is 7.59. The average molecular weight is 432 g/mol. The Morgan fingerprint density at radius 2 is 1.83 bits per heavy atom. The van der Waals surface area contributed by atoms with Gasteiger partial charge in [0.05, 0.1) is 16.5 Å². The Balaban J connectivity index is 1.55. The van der Waals surface area contributed by atoms with E-state index in [0.717, 1.165) is 16.7 Å². The molecule has 4 rings (SSSR count). The van der Waals surface area contributed by atoms with Crippen molar-refractivity contribution in [3.8, 4) is 11.3 Å². The molecule has 0 spiro atoms. The lowest BCUT2D eigenvalue weighted by Gasteiger charge is -2.12. The van der Waals surface area contributed by atoms with E-state index in [-0.39, 0.29) is 22.0 Å². The minimum atomic E-state index is -0.536. The van der Waals surface area contributed by atoms with Crippen molar-refractivity contribution in [2.75, 3.05) is 0 Å². The van der Waals surface area contributed by atoms with Crippen LogP contribution < -0.4 is 0 Å². The standard InChI is InChI=1S/C21H12ClF2NO3S/c22-15-9-12(5-7-17(15)24)18-8-6-14(28-18)10-19-20(26)25(21(27)29-19)11-13-3-1-2-4-16(13)23/h1-10H,11H2/b19-10-. The van der Waals surface area contributed by atoms with E-state index in [1.54, 1.807) is 18.2 Å². The topological polar surface area (TPSA) is 50.5 Å². The van der Waals surface area contributed by atoms with Crippen molar-refractivity contribution in [3.63, 3.8) is 0 Å². The number of carbonyl (C=O) groups is 2. The number of rotatable bonds is 4. The summed E-state index contributed by atoms with van der Waals surface area (Å²) in [5, 5.41) is -0.517. The van der Waals surface area contributed by atoms with Gasteiger partial charge in [-0.25, -0.2) is 8.78 Å². The summed E-state index contributed by atoms with van der Waals surface area (Å²) in [5.41, 5.74) is 0.827. The SMILES string of the molecule is O=C1S/C(=C\c2ccc(-c3ccc(F)c(Cl)c3)o2)C(=O)N1Cc1ccccc1F. The van der Waals surface area contributed by atoms with Crippen molar-refractivity contribution in [2.45, 2.75) is 6.54 Å². The van der Waals surface area contributed by atoms with Gasteiger partial charge in [0.2, 0.25) is 0 Å². The van der Waals surface area contributed by atoms with Crippen LogP contribution >= 0.6 is 23.4 Å². The van der Waals surface area contributed by atoms with Gasteiger partial charge >= 0.3 is 0 Å². The van der Waals surface area contributed by atoms with Gasteiger partial charge in [0, 0.05) is 17.2 Å². The molecule has 0 aliphatic carbocycles. The van der Waals surface area contributed by atoms with E-state index < -0.39 is 22.8 Å². The second-order valence-electron chi connectivity index (χ2n) is 6.19. The molecule has 1 fully saturated rings. The Morgan fingerprint density at radius 3 is 2.59 bits per heavy atom. The quantitative estimate of drug-likeness (QED) is 0.467. The summed E-state index contributed by atoms with van der Waals surface area (Å²) in [4.78, 5) is 26.0. The van der Waals surface area contributed by atoms with Gasteiger partial charge in [-0.3, -0.25) is 14.5 Å². The zero-order valence-electron chi connectivity index (χ0n) is 14.7. The number of halogens is 3. The maximum absolute atomic E-state index is 13.8. The molecule has 2 heterocycles. The maximum atomic E-state index is 13.8. The molecule has 4 nitrogen and oxygen atoms in total. The van der Waals surface area contributed by atoms with E-state index in [4.69, 9.17) is 16.0 Å². The van der Waals surface area contributed by atoms with Crippen molar-refractivity contribution in [1.82, 2.24) is 4.90 Å². The maximum Gasteiger partial charge on any atom is 0.293 e. The van der Waals surface area contributed by atoms with Gasteiger partial charge in [-0.15, -0.1) is 0 Å². The van der Waals surface area contributed by atoms with Crippen LogP contribution in [-0.2, 0) is 11.3 Å². The fourth-order valence-electron chi connectivity index (χ4n) is 2.80. The highest BCUT2D eigenvalue weighted by molar-refractivity contribution is 8.18. The highest BCUT2D eigenvalue weighted by Gasteiger charge is 2.35. The summed E-state index contributed by atoms with van der Waals surface area (Å²) in [7, 11) is 0. The highest BCUT2D eigenvalue weighted by atomic mass is 35.5. The van der Waals surface area contributed by atoms with Gasteiger partial charge in [-0.1, -0.05) is 29.8 Å². The molecule has 0 unspecified atom stereocenters. The Kier molecular flexibility index (Phi) is 5.25. The molecular formula is C21H12ClF2NO3S. The van der Waals surface area contributed by atoms with Crippen molar-refractivity contribution in [1.29, 1.82) is 0 Å². The van der Waals surface area contributed by atoms with Crippen molar-refractivity contribution in [2.24, 2.45) is 0 Å². The van der Waals surface area contributed by atoms with Crippen LogP contribution in [-0.4, -0.2) is 16.0 Å². The van der Waals surface area contributed by atoms with Crippen LogP contribution in [0.1, 0.15) is 11.3 Å². The minimum Gasteiger partial charge on any atom is -0.457 e. The van der Waals surface area contributed by atoms with Crippen LogP contribution in [0.2, 0.25) is 5.02 Å². The van der Waals surface area contributed by atoms with Gasteiger partial charge in [0.1, 0.15) is 23.2 Å². The molecule has 0 saturated carbocycles. The number of hydrogen-bond acceptors (Lipinski definition) is 4. The lowest BCUT2D eigenvalue weighted by molar-refractivity contribution is -0.123. The van der Waals surface area contributed by atoms with Crippen molar-refractivity contribution in [3.05, 3.63) is 87.5 Å². The number of benzene rings is 2. The minimum absolute atomic E-state index is 0.0327. The normalized spacial score (nSPS) is 15.6. The Morgan fingerprint density at radius 1 is 1.03 bits per heavy atom. The molecule has 1 aromatic heterocycles. The van der Waals surface area contributed by atoms with Crippen molar-refractivity contribution >= 4 is 40.6 Å². The first-order valence-electron chi connectivity index (χ1n) is 8.46. The third-order valence-corrected chi connectivity index (χ3v) is 5.46. The Bertz CT molecular complexity index is 1160. The fourth-order valence-corrected chi connectivity index (χ4v) is 3.80. The van der Waals surface area contributed by atoms with Crippen LogP contribution in [0.3, 0.4) is 0 Å². The summed E-state index contributed by atoms with van der Waals surface area (Å²) < 4.78 is 32.8. The molecule has 29 heavy (non-hydrogen) atoms. The van der Waals surface area contributed by atoms with Gasteiger partial charge in [0.15, 0.2) is 0 Å². The molecule has 1 aliphatic rings. The first kappa shape index (κ1) is 19.4. The molecule has 3 aromatic rings. The molecule has 0 bridgehead atoms. The monoisotopic (exact) mass is 431 g/mol. The number of nitrogens with zero attached hydrogens (tertiary/aromatic N) is 1. The molecule has 0 N–H and O–H groups in total. The average Bonchev–Trinajstić information content (AvgIpc) is 3.26. The predicted octanol–water partition coefficient (Wildman–Crippen LogP) is 6.11. The summed E-state index contributed by atoms with van der Waals surface area (Å²) in [6.45, 7) is -0.147. The predicted molar refractivity (Wildman–Crippen MR) is 107 cm³/mol. The van der Waals surface area contributed by atoms with E-state index in [1.165, 1.54) is 42.5 Å². The summed E-state index contributed by atoms with van der Waals surface area (Å²) in [5.74, 6) is -0.763. The lowest BCUT2D eigenvalue weighted by Crippen LogP contribution is -2.27. The van der Waals surface area contributed by atoms with Gasteiger partial charge < -0.3 is 4.42 Å². The number of furan rings is 1. The molecule has 146 valence electrons. The fraction of sp³-hybridized carbons (Fsp3) is 0.0476. The summed E-state index contributed by atoms with van der Waals surface area (Å²) >= 11 is 6.55. The number of thioether (sulfide) groups is 1. The Hall–Kier alpha value is -2.90. The summed E-state index contributed by atoms with van der Waals surface area (Å²) in [6, 6.07) is 13.4. The van der Waals surface area contributed by atoms with E-state index in [0.29, 0.717) is 17.1 Å². The zero-order chi connectivity index (χ0) is 20.5. The van der Waals surface area contributed by atoms with E-state index in [2.05, 4.69) is 0 Å². The summed E-state index contributed by atoms with van der Waals surface area (Å²) in [6.07, 6.45) is 1.45. The third-order valence-electron chi connectivity index (χ3n) is 4.26. The van der Waals surface area contributed by atoms with Gasteiger partial charge in [-0.2, -0.15) is 0 Å². The molecular weight excluding hydrogens is 420 g/mol. The molecule has 8 heteroatoms. The number of hydrogen-bond donors (Lipinski definition) is 0. The van der Waals surface area contributed by atoms with Crippen LogP contribution in [0.5, 0.6) is 0 Å². The van der Waals surface area contributed by atoms with Crippen LogP contribution in [0.4, 0.5) is 13.6 Å². The van der Waals surface area contributed by atoms with Gasteiger partial charge in [-0.05, 0) is 48.2 Å². The van der Waals surface area contributed by atoms with Crippen LogP contribution in [0.25, 0.3) is 17.4 Å². The Labute approximate surface area is 173 Å². The molecule has 0 atom stereocenters. The molecule has 0 radical (unpaired) electrons. The second kappa shape index (κ2) is 7.85. The lowest BCUT2D eigenvalue weighted by atomic mass is 10.2. The van der Waals surface area contributed by atoms with Crippen LogP contribution in [0.15, 0.2) is 63.9 Å². The number of imide groups is 1. The van der Waals surface area contributed by atoms with Gasteiger partial charge in [0.25, 0.3) is 11.1 Å². The third kappa shape index (κ3) is 3.97. The van der Waals surface area contributed by atoms with E-state index in [1.807, 2.05) is 0 Å². The van der Waals surface area contributed by atoms with E-state index in [9.17, 15) is 18.4 Å². The smallest absolute Gasteiger partial charge is 0.293 e. The first-order chi connectivity index (χ1) is 13.9. The molecule has 2 amide bonds.